The number of ether oxygens (including phenoxy) is 1. The lowest BCUT2D eigenvalue weighted by Crippen LogP contribution is -2.28. The summed E-state index contributed by atoms with van der Waals surface area (Å²) in [5.74, 6) is -4.13. The Morgan fingerprint density at radius 1 is 0.650 bits per heavy atom. The van der Waals surface area contributed by atoms with E-state index in [1.54, 1.807) is 0 Å². The van der Waals surface area contributed by atoms with Crippen LogP contribution in [-0.2, 0) is 4.74 Å². The maximum Gasteiger partial charge on any atom is 0.443 e. The molecule has 0 saturated heterocycles. The lowest BCUT2D eigenvalue weighted by Gasteiger charge is -2.19. The van der Waals surface area contributed by atoms with E-state index >= 15 is 0 Å². The van der Waals surface area contributed by atoms with Gasteiger partial charge in [-0.05, 0) is 0 Å². The summed E-state index contributed by atoms with van der Waals surface area (Å²) in [5, 5.41) is 0. The van der Waals surface area contributed by atoms with Crippen LogP contribution in [0.15, 0.2) is 23.0 Å². The molecule has 118 valence electrons. The lowest BCUT2D eigenvalue weighted by atomic mass is 10.0. The molecule has 0 atom stereocenters. The van der Waals surface area contributed by atoms with Crippen LogP contribution in [0.2, 0.25) is 0 Å². The molecule has 0 radical (unpaired) electrons. The minimum Gasteiger partial charge on any atom is -0.474 e. The van der Waals surface area contributed by atoms with Gasteiger partial charge in [0.25, 0.3) is 6.01 Å². The molecule has 0 aliphatic carbocycles. The molecule has 0 heterocycles. The van der Waals surface area contributed by atoms with Crippen LogP contribution >= 0.6 is 0 Å². The maximum absolute atomic E-state index is 12.7. The summed E-state index contributed by atoms with van der Waals surface area (Å²) in [5.41, 5.74) is -7.39. The van der Waals surface area contributed by atoms with E-state index < -0.39 is 41.5 Å². The molecule has 0 bridgehead atoms. The third kappa shape index (κ3) is 4.27. The molecule has 20 heavy (non-hydrogen) atoms. The van der Waals surface area contributed by atoms with Crippen molar-refractivity contribution < 1.29 is 53.0 Å². The van der Waals surface area contributed by atoms with E-state index in [0.29, 0.717) is 0 Å². The molecule has 0 rings (SSSR count). The molecule has 0 saturated carbocycles. The quantitative estimate of drug-likeness (QED) is 0.406. The third-order valence-corrected chi connectivity index (χ3v) is 1.66. The predicted molar refractivity (Wildman–Crippen MR) is 41.4 cm³/mol. The Labute approximate surface area is 103 Å². The molecule has 0 aromatic heterocycles. The van der Waals surface area contributed by atoms with Crippen molar-refractivity contribution in [2.75, 3.05) is 7.11 Å². The Balaban J connectivity index is 6.59. The molecule has 12 heteroatoms. The van der Waals surface area contributed by atoms with Crippen molar-refractivity contribution in [1.82, 2.24) is 0 Å². The third-order valence-electron chi connectivity index (χ3n) is 1.66. The van der Waals surface area contributed by atoms with Gasteiger partial charge >= 0.3 is 18.5 Å². The van der Waals surface area contributed by atoms with Crippen molar-refractivity contribution >= 4 is 0 Å². The summed E-state index contributed by atoms with van der Waals surface area (Å²) in [6.07, 6.45) is -19.1. The molecular formula is C8H3F11O. The van der Waals surface area contributed by atoms with E-state index in [-0.39, 0.29) is 7.11 Å². The van der Waals surface area contributed by atoms with Crippen LogP contribution in [0, 0.1) is 0 Å². The van der Waals surface area contributed by atoms with Gasteiger partial charge in [0, 0.05) is 0 Å². The number of hydrogen-bond donors (Lipinski definition) is 0. The number of rotatable bonds is 2. The minimum atomic E-state index is -6.46. The Bertz CT molecular complexity index is 419. The Morgan fingerprint density at radius 2 is 1.00 bits per heavy atom. The van der Waals surface area contributed by atoms with Crippen LogP contribution in [0.4, 0.5) is 48.3 Å². The highest BCUT2D eigenvalue weighted by molar-refractivity contribution is 5.42. The van der Waals surface area contributed by atoms with Gasteiger partial charge in [0.2, 0.25) is 5.83 Å². The monoisotopic (exact) mass is 324 g/mol. The molecule has 0 aromatic carbocycles. The molecule has 0 amide bonds. The van der Waals surface area contributed by atoms with Gasteiger partial charge in [-0.25, -0.2) is 4.39 Å². The normalized spacial score (nSPS) is 16.6. The van der Waals surface area contributed by atoms with Gasteiger partial charge in [-0.2, -0.15) is 43.9 Å². The molecule has 1 nitrogen and oxygen atoms in total. The molecule has 0 aromatic rings. The summed E-state index contributed by atoms with van der Waals surface area (Å²) >= 11 is 0. The van der Waals surface area contributed by atoms with Gasteiger partial charge in [-0.3, -0.25) is 0 Å². The number of hydrogen-bond acceptors (Lipinski definition) is 1. The average Bonchev–Trinajstić information content (AvgIpc) is 2.18. The van der Waals surface area contributed by atoms with Gasteiger partial charge in [-0.15, -0.1) is 0 Å². The maximum atomic E-state index is 12.7. The number of methoxy groups -OCH3 is 1. The molecule has 0 fully saturated rings. The summed E-state index contributed by atoms with van der Waals surface area (Å²) in [6.45, 7) is 0. The summed E-state index contributed by atoms with van der Waals surface area (Å²) in [7, 11) is 0.126. The van der Waals surface area contributed by atoms with Gasteiger partial charge in [-0.1, -0.05) is 0 Å². The zero-order chi connectivity index (χ0) is 16.5. The molecule has 0 aliphatic rings. The zero-order valence-corrected chi connectivity index (χ0v) is 9.07. The van der Waals surface area contributed by atoms with Gasteiger partial charge < -0.3 is 4.74 Å². The summed E-state index contributed by atoms with van der Waals surface area (Å²) in [4.78, 5) is 0. The second-order valence-electron chi connectivity index (χ2n) is 3.04. The summed E-state index contributed by atoms with van der Waals surface area (Å²) < 4.78 is 137. The Morgan fingerprint density at radius 3 is 1.20 bits per heavy atom. The van der Waals surface area contributed by atoms with Crippen LogP contribution in [0.5, 0.6) is 0 Å². The van der Waals surface area contributed by atoms with Crippen LogP contribution in [0.25, 0.3) is 0 Å². The predicted octanol–water partition coefficient (Wildman–Crippen LogP) is 4.72. The fraction of sp³-hybridized carbons (Fsp3) is 0.500. The van der Waals surface area contributed by atoms with Crippen molar-refractivity contribution in [3.05, 3.63) is 23.0 Å². The Hall–Kier alpha value is -1.49. The van der Waals surface area contributed by atoms with Crippen molar-refractivity contribution in [3.63, 3.8) is 0 Å². The smallest absolute Gasteiger partial charge is 0.443 e. The highest BCUT2D eigenvalue weighted by Crippen LogP contribution is 2.46. The fourth-order valence-corrected chi connectivity index (χ4v) is 0.971. The second kappa shape index (κ2) is 5.48. The van der Waals surface area contributed by atoms with Crippen molar-refractivity contribution in [3.8, 4) is 0 Å². The van der Waals surface area contributed by atoms with Gasteiger partial charge in [0.1, 0.15) is 11.1 Å². The first-order chi connectivity index (χ1) is 8.64. The molecule has 0 spiro atoms. The fourth-order valence-electron chi connectivity index (χ4n) is 0.971. The van der Waals surface area contributed by atoms with Crippen LogP contribution in [0.3, 0.4) is 0 Å². The first-order valence-corrected chi connectivity index (χ1v) is 4.19. The molecule has 0 unspecified atom stereocenters. The first kappa shape index (κ1) is 18.5. The minimum absolute atomic E-state index is 0.126. The number of allylic oxidation sites excluding steroid dienone is 3. The standard InChI is InChI=1S/C8H3F11O/c1-20-5(10)3(7(14,15)16)2(6(11,12)13)4(9)8(17,18)19/h1H3/b4-2+,5-3-. The van der Waals surface area contributed by atoms with Crippen molar-refractivity contribution in [2.45, 2.75) is 18.5 Å². The molecular weight excluding hydrogens is 321 g/mol. The van der Waals surface area contributed by atoms with Gasteiger partial charge in [0.05, 0.1) is 7.11 Å². The van der Waals surface area contributed by atoms with E-state index in [4.69, 9.17) is 0 Å². The second-order valence-corrected chi connectivity index (χ2v) is 3.04. The molecule has 0 N–H and O–H groups in total. The number of alkyl halides is 9. The van der Waals surface area contributed by atoms with E-state index in [2.05, 4.69) is 4.74 Å². The highest BCUT2D eigenvalue weighted by atomic mass is 19.4. The lowest BCUT2D eigenvalue weighted by molar-refractivity contribution is -0.139. The van der Waals surface area contributed by atoms with E-state index in [1.165, 1.54) is 0 Å². The van der Waals surface area contributed by atoms with Crippen molar-refractivity contribution in [1.29, 1.82) is 0 Å². The van der Waals surface area contributed by atoms with Crippen LogP contribution < -0.4 is 0 Å². The van der Waals surface area contributed by atoms with Crippen LogP contribution in [-0.4, -0.2) is 25.6 Å². The first-order valence-electron chi connectivity index (χ1n) is 4.19. The van der Waals surface area contributed by atoms with E-state index in [1.807, 2.05) is 0 Å². The topological polar surface area (TPSA) is 9.23 Å². The SMILES string of the molecule is CO/C(F)=C(/C(=C(\F)C(F)(F)F)C(F)(F)F)C(F)(F)F. The average molecular weight is 324 g/mol. The zero-order valence-electron chi connectivity index (χ0n) is 9.07. The largest absolute Gasteiger partial charge is 0.474 e. The number of halogens is 11. The summed E-state index contributed by atoms with van der Waals surface area (Å²) in [6, 6.07) is -3.05. The van der Waals surface area contributed by atoms with E-state index in [0.717, 1.165) is 0 Å². The highest BCUT2D eigenvalue weighted by Gasteiger charge is 2.55. The molecule has 0 aliphatic heterocycles. The van der Waals surface area contributed by atoms with Gasteiger partial charge in [0.15, 0.2) is 0 Å². The van der Waals surface area contributed by atoms with E-state index in [9.17, 15) is 48.3 Å². The van der Waals surface area contributed by atoms with Crippen molar-refractivity contribution in [2.24, 2.45) is 0 Å². The van der Waals surface area contributed by atoms with Crippen LogP contribution in [0.1, 0.15) is 0 Å². The Kier molecular flexibility index (Phi) is 5.07.